The largest absolute Gasteiger partial charge is 0.466 e. The van der Waals surface area contributed by atoms with Gasteiger partial charge in [-0.25, -0.2) is 13.4 Å². The number of hydrogen-bond acceptors (Lipinski definition) is 7. The Balaban J connectivity index is 2.30. The highest BCUT2D eigenvalue weighted by Gasteiger charge is 2.31. The topological polar surface area (TPSA) is 103 Å². The number of anilines is 1. The summed E-state index contributed by atoms with van der Waals surface area (Å²) >= 11 is 1.12. The second-order valence-corrected chi connectivity index (χ2v) is 9.91. The van der Waals surface area contributed by atoms with Crippen LogP contribution < -0.4 is 4.72 Å². The van der Waals surface area contributed by atoms with Crippen molar-refractivity contribution in [3.05, 3.63) is 23.0 Å². The number of aromatic nitrogens is 3. The zero-order valence-corrected chi connectivity index (χ0v) is 18.1. The van der Waals surface area contributed by atoms with Crippen molar-refractivity contribution < 1.29 is 17.9 Å². The standard InChI is InChI=1S/C17H26N4O4S2/c1-7-25-14(22)8-12-10-26-16(18-12)20-27(23,24)13-9-21(11(2)3)19-15(13)17(4,5)6/h9-11H,7-8H2,1-6H3,(H,18,20). The van der Waals surface area contributed by atoms with Gasteiger partial charge in [-0.05, 0) is 20.8 Å². The first-order valence-electron chi connectivity index (χ1n) is 8.66. The molecule has 2 rings (SSSR count). The van der Waals surface area contributed by atoms with Gasteiger partial charge in [0.2, 0.25) is 0 Å². The fourth-order valence-corrected chi connectivity index (χ4v) is 4.63. The van der Waals surface area contributed by atoms with Crippen molar-refractivity contribution in [2.45, 2.75) is 64.3 Å². The van der Waals surface area contributed by atoms with Crippen LogP contribution in [0.4, 0.5) is 5.13 Å². The van der Waals surface area contributed by atoms with E-state index in [1.165, 1.54) is 0 Å². The van der Waals surface area contributed by atoms with Crippen LogP contribution in [0.5, 0.6) is 0 Å². The monoisotopic (exact) mass is 414 g/mol. The highest BCUT2D eigenvalue weighted by Crippen LogP contribution is 2.30. The molecule has 0 saturated carbocycles. The van der Waals surface area contributed by atoms with Crippen molar-refractivity contribution in [3.8, 4) is 0 Å². The normalized spacial score (nSPS) is 12.4. The second kappa shape index (κ2) is 7.97. The van der Waals surface area contributed by atoms with Crippen LogP contribution in [-0.4, -0.2) is 35.8 Å². The molecule has 0 atom stereocenters. The lowest BCUT2D eigenvalue weighted by atomic mass is 9.92. The SMILES string of the molecule is CCOC(=O)Cc1csc(NS(=O)(=O)c2cn(C(C)C)nc2C(C)(C)C)n1. The number of hydrogen-bond donors (Lipinski definition) is 1. The average Bonchev–Trinajstić information content (AvgIpc) is 3.13. The third-order valence-corrected chi connectivity index (χ3v) is 5.91. The number of rotatable bonds is 7. The number of nitrogens with zero attached hydrogens (tertiary/aromatic N) is 3. The number of sulfonamides is 1. The lowest BCUT2D eigenvalue weighted by molar-refractivity contribution is -0.142. The molecule has 0 radical (unpaired) electrons. The van der Waals surface area contributed by atoms with Gasteiger partial charge in [0.1, 0.15) is 4.90 Å². The predicted octanol–water partition coefficient (Wildman–Crippen LogP) is 3.12. The van der Waals surface area contributed by atoms with Crippen molar-refractivity contribution in [2.24, 2.45) is 0 Å². The van der Waals surface area contributed by atoms with Crippen molar-refractivity contribution in [1.82, 2.24) is 14.8 Å². The summed E-state index contributed by atoms with van der Waals surface area (Å²) in [5, 5.41) is 6.31. The predicted molar refractivity (Wildman–Crippen MR) is 105 cm³/mol. The molecule has 0 aliphatic carbocycles. The smallest absolute Gasteiger partial charge is 0.311 e. The van der Waals surface area contributed by atoms with Crippen LogP contribution in [-0.2, 0) is 31.4 Å². The van der Waals surface area contributed by atoms with E-state index in [0.29, 0.717) is 11.4 Å². The van der Waals surface area contributed by atoms with E-state index < -0.39 is 21.4 Å². The summed E-state index contributed by atoms with van der Waals surface area (Å²) in [5.74, 6) is -0.398. The van der Waals surface area contributed by atoms with E-state index in [1.54, 1.807) is 23.2 Å². The molecule has 0 spiro atoms. The molecule has 1 N–H and O–H groups in total. The average molecular weight is 415 g/mol. The van der Waals surface area contributed by atoms with Crippen LogP contribution in [0.1, 0.15) is 59.0 Å². The van der Waals surface area contributed by atoms with E-state index >= 15 is 0 Å². The Hall–Kier alpha value is -1.94. The lowest BCUT2D eigenvalue weighted by Crippen LogP contribution is -2.20. The number of nitrogens with one attached hydrogen (secondary N) is 1. The molecule has 2 aromatic heterocycles. The Labute approximate surface area is 164 Å². The summed E-state index contributed by atoms with van der Waals surface area (Å²) in [7, 11) is -3.87. The Morgan fingerprint density at radius 1 is 1.37 bits per heavy atom. The number of carbonyl (C=O) groups is 1. The first-order valence-corrected chi connectivity index (χ1v) is 11.0. The number of carbonyl (C=O) groups excluding carboxylic acids is 1. The summed E-state index contributed by atoms with van der Waals surface area (Å²) in [6, 6.07) is 0.0334. The Morgan fingerprint density at radius 3 is 2.59 bits per heavy atom. The number of esters is 1. The highest BCUT2D eigenvalue weighted by molar-refractivity contribution is 7.93. The third kappa shape index (κ3) is 5.29. The van der Waals surface area contributed by atoms with Crippen LogP contribution in [0.3, 0.4) is 0 Å². The molecule has 0 amide bonds. The first kappa shape index (κ1) is 21.4. The highest BCUT2D eigenvalue weighted by atomic mass is 32.2. The Bertz CT molecular complexity index is 908. The van der Waals surface area contributed by atoms with E-state index in [9.17, 15) is 13.2 Å². The Morgan fingerprint density at radius 2 is 2.04 bits per heavy atom. The maximum absolute atomic E-state index is 12.9. The minimum atomic E-state index is -3.87. The zero-order valence-electron chi connectivity index (χ0n) is 16.4. The fraction of sp³-hybridized carbons (Fsp3) is 0.588. The van der Waals surface area contributed by atoms with E-state index in [1.807, 2.05) is 34.6 Å². The van der Waals surface area contributed by atoms with Crippen LogP contribution in [0, 0.1) is 0 Å². The molecule has 0 aromatic carbocycles. The van der Waals surface area contributed by atoms with Gasteiger partial charge in [0.15, 0.2) is 5.13 Å². The summed E-state index contributed by atoms with van der Waals surface area (Å²) in [6.07, 6.45) is 1.55. The van der Waals surface area contributed by atoms with Gasteiger partial charge in [-0.3, -0.25) is 14.2 Å². The summed E-state index contributed by atoms with van der Waals surface area (Å²) in [6.45, 7) is 11.6. The molecule has 2 aromatic rings. The molecule has 8 nitrogen and oxygen atoms in total. The molecular weight excluding hydrogens is 388 g/mol. The third-order valence-electron chi connectivity index (χ3n) is 3.63. The second-order valence-electron chi connectivity index (χ2n) is 7.40. The van der Waals surface area contributed by atoms with E-state index in [0.717, 1.165) is 11.3 Å². The maximum Gasteiger partial charge on any atom is 0.311 e. The van der Waals surface area contributed by atoms with E-state index in [-0.39, 0.29) is 29.1 Å². The van der Waals surface area contributed by atoms with Crippen LogP contribution >= 0.6 is 11.3 Å². The van der Waals surface area contributed by atoms with Crippen molar-refractivity contribution in [3.63, 3.8) is 0 Å². The van der Waals surface area contributed by atoms with Gasteiger partial charge in [-0.15, -0.1) is 11.3 Å². The quantitative estimate of drug-likeness (QED) is 0.698. The van der Waals surface area contributed by atoms with Crippen LogP contribution in [0.15, 0.2) is 16.5 Å². The molecule has 10 heteroatoms. The summed E-state index contributed by atoms with van der Waals surface area (Å²) in [4.78, 5) is 15.9. The maximum atomic E-state index is 12.9. The molecular formula is C17H26N4O4S2. The van der Waals surface area contributed by atoms with Crippen LogP contribution in [0.2, 0.25) is 0 Å². The molecule has 27 heavy (non-hydrogen) atoms. The molecule has 0 bridgehead atoms. The van der Waals surface area contributed by atoms with Gasteiger partial charge < -0.3 is 4.74 Å². The molecule has 0 saturated heterocycles. The molecule has 150 valence electrons. The first-order chi connectivity index (χ1) is 12.4. The van der Waals surface area contributed by atoms with Crippen molar-refractivity contribution in [2.75, 3.05) is 11.3 Å². The van der Waals surface area contributed by atoms with Crippen molar-refractivity contribution in [1.29, 1.82) is 0 Å². The minimum Gasteiger partial charge on any atom is -0.466 e. The minimum absolute atomic E-state index is 0.00455. The molecule has 2 heterocycles. The zero-order chi connectivity index (χ0) is 20.4. The van der Waals surface area contributed by atoms with Gasteiger partial charge in [-0.1, -0.05) is 20.8 Å². The lowest BCUT2D eigenvalue weighted by Gasteiger charge is -2.17. The van der Waals surface area contributed by atoms with Crippen LogP contribution in [0.25, 0.3) is 0 Å². The van der Waals surface area contributed by atoms with Gasteiger partial charge in [0.05, 0.1) is 24.4 Å². The fourth-order valence-electron chi connectivity index (χ4n) is 2.32. The molecule has 0 aliphatic heterocycles. The summed E-state index contributed by atoms with van der Waals surface area (Å²) < 4.78 is 34.9. The summed E-state index contributed by atoms with van der Waals surface area (Å²) in [5.41, 5.74) is 0.513. The number of thiazole rings is 1. The van der Waals surface area contributed by atoms with Gasteiger partial charge in [0, 0.05) is 23.0 Å². The molecule has 0 unspecified atom stereocenters. The van der Waals surface area contributed by atoms with Gasteiger partial charge >= 0.3 is 5.97 Å². The van der Waals surface area contributed by atoms with E-state index in [4.69, 9.17) is 4.74 Å². The van der Waals surface area contributed by atoms with Gasteiger partial charge in [0.25, 0.3) is 10.0 Å². The Kier molecular flexibility index (Phi) is 6.31. The van der Waals surface area contributed by atoms with E-state index in [2.05, 4.69) is 14.8 Å². The number of ether oxygens (including phenoxy) is 1. The molecule has 0 aliphatic rings. The van der Waals surface area contributed by atoms with Gasteiger partial charge in [-0.2, -0.15) is 5.10 Å². The molecule has 0 fully saturated rings. The van der Waals surface area contributed by atoms with Crippen molar-refractivity contribution >= 4 is 32.5 Å².